The fraction of sp³-hybridized carbons (Fsp3) is 1.00. The molecule has 12 heavy (non-hydrogen) atoms. The van der Waals surface area contributed by atoms with E-state index in [4.69, 9.17) is 0 Å². The lowest BCUT2D eigenvalue weighted by atomic mass is 9.77. The molecule has 72 valence electrons. The second-order valence-electron chi connectivity index (χ2n) is 4.15. The lowest BCUT2D eigenvalue weighted by molar-refractivity contribution is 0.140. The van der Waals surface area contributed by atoms with Gasteiger partial charge in [0.05, 0.1) is 6.10 Å². The molecule has 1 saturated carbocycles. The van der Waals surface area contributed by atoms with Crippen LogP contribution < -0.4 is 5.32 Å². The monoisotopic (exact) mass is 191 g/mol. The third-order valence-electron chi connectivity index (χ3n) is 3.34. The predicted molar refractivity (Wildman–Crippen MR) is 51.6 cm³/mol. The molecule has 0 aromatic heterocycles. The quantitative estimate of drug-likeness (QED) is 0.606. The first-order valence-corrected chi connectivity index (χ1v) is 4.70. The SMILES string of the molecule is Cl.OC1CCC2(CCNCC2)C1. The Balaban J connectivity index is 0.000000720. The second kappa shape index (κ2) is 3.95. The van der Waals surface area contributed by atoms with E-state index in [0.717, 1.165) is 25.9 Å². The van der Waals surface area contributed by atoms with Gasteiger partial charge in [0.1, 0.15) is 0 Å². The number of piperidine rings is 1. The van der Waals surface area contributed by atoms with E-state index in [1.807, 2.05) is 0 Å². The van der Waals surface area contributed by atoms with E-state index in [0.29, 0.717) is 5.41 Å². The molecule has 2 fully saturated rings. The predicted octanol–water partition coefficient (Wildman–Crippen LogP) is 1.32. The largest absolute Gasteiger partial charge is 0.393 e. The maximum Gasteiger partial charge on any atom is 0.0545 e. The van der Waals surface area contributed by atoms with Crippen LogP contribution in [0.4, 0.5) is 0 Å². The minimum Gasteiger partial charge on any atom is -0.393 e. The molecular weight excluding hydrogens is 174 g/mol. The molecule has 2 rings (SSSR count). The smallest absolute Gasteiger partial charge is 0.0545 e. The van der Waals surface area contributed by atoms with Crippen LogP contribution in [0.3, 0.4) is 0 Å². The summed E-state index contributed by atoms with van der Waals surface area (Å²) < 4.78 is 0. The van der Waals surface area contributed by atoms with Crippen molar-refractivity contribution in [3.05, 3.63) is 0 Å². The summed E-state index contributed by atoms with van der Waals surface area (Å²) in [7, 11) is 0. The molecule has 1 atom stereocenters. The molecule has 0 bridgehead atoms. The normalized spacial score (nSPS) is 33.2. The van der Waals surface area contributed by atoms with Gasteiger partial charge in [-0.2, -0.15) is 0 Å². The van der Waals surface area contributed by atoms with Gasteiger partial charge in [-0.15, -0.1) is 12.4 Å². The third kappa shape index (κ3) is 1.93. The summed E-state index contributed by atoms with van der Waals surface area (Å²) in [4.78, 5) is 0. The fourth-order valence-electron chi connectivity index (χ4n) is 2.59. The zero-order valence-corrected chi connectivity index (χ0v) is 8.20. The lowest BCUT2D eigenvalue weighted by Gasteiger charge is -2.33. The standard InChI is InChI=1S/C9H17NO.ClH/c11-8-1-2-9(7-8)3-5-10-6-4-9;/h8,10-11H,1-7H2;1H. The van der Waals surface area contributed by atoms with Crippen molar-refractivity contribution >= 4 is 12.4 Å². The molecule has 0 amide bonds. The molecule has 1 spiro atoms. The van der Waals surface area contributed by atoms with Crippen molar-refractivity contribution < 1.29 is 5.11 Å². The Morgan fingerprint density at radius 2 is 1.83 bits per heavy atom. The Labute approximate surface area is 80.1 Å². The Morgan fingerprint density at radius 1 is 1.17 bits per heavy atom. The van der Waals surface area contributed by atoms with E-state index in [1.54, 1.807) is 0 Å². The van der Waals surface area contributed by atoms with Gasteiger partial charge in [0, 0.05) is 0 Å². The summed E-state index contributed by atoms with van der Waals surface area (Å²) in [6.45, 7) is 2.32. The van der Waals surface area contributed by atoms with E-state index < -0.39 is 0 Å². The molecule has 1 saturated heterocycles. The Morgan fingerprint density at radius 3 is 2.33 bits per heavy atom. The van der Waals surface area contributed by atoms with E-state index in [-0.39, 0.29) is 18.5 Å². The van der Waals surface area contributed by atoms with E-state index in [9.17, 15) is 5.11 Å². The molecule has 1 aliphatic carbocycles. The van der Waals surface area contributed by atoms with E-state index >= 15 is 0 Å². The summed E-state index contributed by atoms with van der Waals surface area (Å²) in [5, 5.41) is 12.8. The zero-order chi connectivity index (χ0) is 7.73. The van der Waals surface area contributed by atoms with Crippen LogP contribution in [-0.2, 0) is 0 Å². The van der Waals surface area contributed by atoms with E-state index in [1.165, 1.54) is 19.3 Å². The Kier molecular flexibility index (Phi) is 3.38. The van der Waals surface area contributed by atoms with Crippen LogP contribution in [0.5, 0.6) is 0 Å². The van der Waals surface area contributed by atoms with Gasteiger partial charge in [-0.3, -0.25) is 0 Å². The number of aliphatic hydroxyl groups excluding tert-OH is 1. The van der Waals surface area contributed by atoms with Gasteiger partial charge in [-0.25, -0.2) is 0 Å². The molecule has 1 unspecified atom stereocenters. The van der Waals surface area contributed by atoms with Crippen LogP contribution in [0, 0.1) is 5.41 Å². The molecule has 2 N–H and O–H groups in total. The van der Waals surface area contributed by atoms with Crippen molar-refractivity contribution in [3.8, 4) is 0 Å². The van der Waals surface area contributed by atoms with Crippen molar-refractivity contribution in [2.45, 2.75) is 38.2 Å². The van der Waals surface area contributed by atoms with Gasteiger partial charge in [0.25, 0.3) is 0 Å². The first kappa shape index (κ1) is 10.3. The lowest BCUT2D eigenvalue weighted by Crippen LogP contribution is -2.35. The summed E-state index contributed by atoms with van der Waals surface area (Å²) in [6, 6.07) is 0. The molecule has 3 heteroatoms. The van der Waals surface area contributed by atoms with Crippen LogP contribution in [0.2, 0.25) is 0 Å². The van der Waals surface area contributed by atoms with Crippen LogP contribution in [0.15, 0.2) is 0 Å². The number of rotatable bonds is 0. The van der Waals surface area contributed by atoms with Crippen LogP contribution >= 0.6 is 12.4 Å². The minimum atomic E-state index is 0. The number of halogens is 1. The van der Waals surface area contributed by atoms with Gasteiger partial charge in [-0.05, 0) is 50.6 Å². The van der Waals surface area contributed by atoms with Crippen molar-refractivity contribution in [1.29, 1.82) is 0 Å². The first-order valence-electron chi connectivity index (χ1n) is 4.70. The Hall–Kier alpha value is 0.210. The van der Waals surface area contributed by atoms with Crippen molar-refractivity contribution in [1.82, 2.24) is 5.32 Å². The van der Waals surface area contributed by atoms with E-state index in [2.05, 4.69) is 5.32 Å². The van der Waals surface area contributed by atoms with Gasteiger partial charge in [0.2, 0.25) is 0 Å². The van der Waals surface area contributed by atoms with Crippen molar-refractivity contribution in [2.75, 3.05) is 13.1 Å². The molecular formula is C9H18ClNO. The highest BCUT2D eigenvalue weighted by Gasteiger charge is 2.38. The minimum absolute atomic E-state index is 0. The number of nitrogens with one attached hydrogen (secondary N) is 1. The number of hydrogen-bond acceptors (Lipinski definition) is 2. The maximum absolute atomic E-state index is 9.43. The van der Waals surface area contributed by atoms with Crippen LogP contribution in [-0.4, -0.2) is 24.3 Å². The summed E-state index contributed by atoms with van der Waals surface area (Å²) in [6.07, 6.45) is 5.94. The van der Waals surface area contributed by atoms with Gasteiger partial charge >= 0.3 is 0 Å². The highest BCUT2D eigenvalue weighted by molar-refractivity contribution is 5.85. The number of hydrogen-bond donors (Lipinski definition) is 2. The molecule has 1 aliphatic heterocycles. The molecule has 2 aliphatic rings. The molecule has 0 radical (unpaired) electrons. The Bertz CT molecular complexity index is 140. The average Bonchev–Trinajstić information content (AvgIpc) is 2.34. The molecule has 0 aromatic rings. The average molecular weight is 192 g/mol. The van der Waals surface area contributed by atoms with Crippen LogP contribution in [0.1, 0.15) is 32.1 Å². The third-order valence-corrected chi connectivity index (χ3v) is 3.34. The van der Waals surface area contributed by atoms with Gasteiger partial charge in [0.15, 0.2) is 0 Å². The summed E-state index contributed by atoms with van der Waals surface area (Å²) in [5.74, 6) is 0. The summed E-state index contributed by atoms with van der Waals surface area (Å²) in [5.41, 5.74) is 0.532. The van der Waals surface area contributed by atoms with Crippen molar-refractivity contribution in [2.24, 2.45) is 5.41 Å². The summed E-state index contributed by atoms with van der Waals surface area (Å²) >= 11 is 0. The highest BCUT2D eigenvalue weighted by atomic mass is 35.5. The first-order chi connectivity index (χ1) is 5.31. The zero-order valence-electron chi connectivity index (χ0n) is 7.38. The second-order valence-corrected chi connectivity index (χ2v) is 4.15. The molecule has 2 nitrogen and oxygen atoms in total. The van der Waals surface area contributed by atoms with Crippen LogP contribution in [0.25, 0.3) is 0 Å². The van der Waals surface area contributed by atoms with Gasteiger partial charge < -0.3 is 10.4 Å². The topological polar surface area (TPSA) is 32.3 Å². The fourth-order valence-corrected chi connectivity index (χ4v) is 2.59. The number of aliphatic hydroxyl groups is 1. The molecule has 1 heterocycles. The molecule has 0 aromatic carbocycles. The maximum atomic E-state index is 9.43. The van der Waals surface area contributed by atoms with Gasteiger partial charge in [-0.1, -0.05) is 0 Å². The highest BCUT2D eigenvalue weighted by Crippen LogP contribution is 2.44. The van der Waals surface area contributed by atoms with Crippen molar-refractivity contribution in [3.63, 3.8) is 0 Å².